The van der Waals surface area contributed by atoms with Crippen molar-refractivity contribution in [3.05, 3.63) is 69.1 Å². The summed E-state index contributed by atoms with van der Waals surface area (Å²) >= 11 is 6.39. The Morgan fingerprint density at radius 2 is 2.06 bits per heavy atom. The van der Waals surface area contributed by atoms with Gasteiger partial charge in [-0.25, -0.2) is 0 Å². The summed E-state index contributed by atoms with van der Waals surface area (Å²) in [5.41, 5.74) is 2.05. The highest BCUT2D eigenvalue weighted by molar-refractivity contribution is 6.32. The molecule has 1 aliphatic rings. The van der Waals surface area contributed by atoms with Crippen LogP contribution in [0.4, 0.5) is 0 Å². The summed E-state index contributed by atoms with van der Waals surface area (Å²) in [5.74, 6) is 0.196. The van der Waals surface area contributed by atoms with Gasteiger partial charge in [0.25, 0.3) is 0 Å². The summed E-state index contributed by atoms with van der Waals surface area (Å²) in [4.78, 5) is 27.2. The molecule has 5 rings (SSSR count). The van der Waals surface area contributed by atoms with Crippen LogP contribution >= 0.6 is 11.6 Å². The Labute approximate surface area is 182 Å². The molecule has 0 bridgehead atoms. The van der Waals surface area contributed by atoms with Gasteiger partial charge in [-0.2, -0.15) is 5.10 Å². The average Bonchev–Trinajstić information content (AvgIpc) is 3.49. The lowest BCUT2D eigenvalue weighted by Gasteiger charge is -2.10. The standard InChI is InChI=1S/C23H20ClN3O4/c24-17-8-14-7-15(25-18(14)9-21(17)31-12-13-5-6-13)11-27-20-4-2-1-3-16(20)23(30)19(26-27)10-22(28)29/h1-4,7-9,13,25H,5-6,10-12H2,(H,28,29). The number of carboxylic acids is 1. The number of carboxylic acid groups (broad SMARTS) is 1. The molecule has 0 radical (unpaired) electrons. The second-order valence-corrected chi connectivity index (χ2v) is 8.35. The third-order valence-corrected chi connectivity index (χ3v) is 5.76. The molecule has 2 aromatic heterocycles. The van der Waals surface area contributed by atoms with Gasteiger partial charge in [-0.1, -0.05) is 23.7 Å². The molecule has 4 aromatic rings. The molecule has 0 spiro atoms. The van der Waals surface area contributed by atoms with E-state index in [-0.39, 0.29) is 11.1 Å². The average molecular weight is 438 g/mol. The number of H-pyrrole nitrogens is 1. The van der Waals surface area contributed by atoms with Crippen LogP contribution in [0.15, 0.2) is 47.3 Å². The monoisotopic (exact) mass is 437 g/mol. The van der Waals surface area contributed by atoms with E-state index in [4.69, 9.17) is 21.4 Å². The highest BCUT2D eigenvalue weighted by atomic mass is 35.5. The number of benzene rings is 2. The van der Waals surface area contributed by atoms with Crippen LogP contribution in [0.25, 0.3) is 21.8 Å². The first-order valence-electron chi connectivity index (χ1n) is 10.1. The Kier molecular flexibility index (Phi) is 4.90. The quantitative estimate of drug-likeness (QED) is 0.455. The maximum atomic E-state index is 12.6. The molecular weight excluding hydrogens is 418 g/mol. The van der Waals surface area contributed by atoms with Crippen LogP contribution in [0.3, 0.4) is 0 Å². The molecule has 2 N–H and O–H groups in total. The van der Waals surface area contributed by atoms with E-state index >= 15 is 0 Å². The summed E-state index contributed by atoms with van der Waals surface area (Å²) in [6.45, 7) is 1.02. The Balaban J connectivity index is 1.52. The van der Waals surface area contributed by atoms with Crippen molar-refractivity contribution >= 4 is 39.4 Å². The van der Waals surface area contributed by atoms with Gasteiger partial charge in [0.05, 0.1) is 30.1 Å². The van der Waals surface area contributed by atoms with Gasteiger partial charge in [0.2, 0.25) is 5.43 Å². The summed E-state index contributed by atoms with van der Waals surface area (Å²) < 4.78 is 7.52. The van der Waals surface area contributed by atoms with Crippen molar-refractivity contribution in [3.8, 4) is 5.75 Å². The number of carbonyl (C=O) groups is 1. The Bertz CT molecular complexity index is 1370. The zero-order chi connectivity index (χ0) is 21.5. The number of fused-ring (bicyclic) bond motifs is 2. The number of aromatic amines is 1. The lowest BCUT2D eigenvalue weighted by Crippen LogP contribution is -2.22. The number of hydrogen-bond donors (Lipinski definition) is 2. The Morgan fingerprint density at radius 1 is 1.26 bits per heavy atom. The van der Waals surface area contributed by atoms with Gasteiger partial charge in [0.15, 0.2) is 0 Å². The van der Waals surface area contributed by atoms with Gasteiger partial charge in [-0.3, -0.25) is 14.3 Å². The largest absolute Gasteiger partial charge is 0.492 e. The SMILES string of the molecule is O=C(O)Cc1nn(Cc2cc3cc(Cl)c(OCC4CC4)cc3[nH]2)c2ccccc2c1=O. The molecule has 31 heavy (non-hydrogen) atoms. The fourth-order valence-corrected chi connectivity index (χ4v) is 3.94. The van der Waals surface area contributed by atoms with Crippen LogP contribution in [-0.4, -0.2) is 32.4 Å². The summed E-state index contributed by atoms with van der Waals surface area (Å²) in [5, 5.41) is 15.5. The van der Waals surface area contributed by atoms with E-state index in [0.717, 1.165) is 16.6 Å². The van der Waals surface area contributed by atoms with Gasteiger partial charge < -0.3 is 14.8 Å². The zero-order valence-electron chi connectivity index (χ0n) is 16.6. The second-order valence-electron chi connectivity index (χ2n) is 7.94. The van der Waals surface area contributed by atoms with Crippen molar-refractivity contribution < 1.29 is 14.6 Å². The molecule has 1 aliphatic carbocycles. The molecule has 0 saturated heterocycles. The van der Waals surface area contributed by atoms with E-state index in [0.29, 0.717) is 40.7 Å². The molecule has 2 aromatic carbocycles. The molecule has 0 amide bonds. The molecule has 0 atom stereocenters. The topological polar surface area (TPSA) is 97.2 Å². The van der Waals surface area contributed by atoms with Crippen LogP contribution in [0.2, 0.25) is 5.02 Å². The number of hydrogen-bond acceptors (Lipinski definition) is 4. The van der Waals surface area contributed by atoms with E-state index in [2.05, 4.69) is 10.1 Å². The minimum atomic E-state index is -1.09. The first-order chi connectivity index (χ1) is 15.0. The summed E-state index contributed by atoms with van der Waals surface area (Å²) in [6.07, 6.45) is 1.99. The van der Waals surface area contributed by atoms with Crippen LogP contribution < -0.4 is 10.2 Å². The predicted molar refractivity (Wildman–Crippen MR) is 118 cm³/mol. The van der Waals surface area contributed by atoms with Crippen LogP contribution in [0, 0.1) is 5.92 Å². The number of halogens is 1. The van der Waals surface area contributed by atoms with Crippen LogP contribution in [0.1, 0.15) is 24.2 Å². The molecule has 8 heteroatoms. The summed E-state index contributed by atoms with van der Waals surface area (Å²) in [6, 6.07) is 12.8. The first-order valence-corrected chi connectivity index (χ1v) is 10.5. The van der Waals surface area contributed by atoms with Gasteiger partial charge in [0, 0.05) is 28.0 Å². The highest BCUT2D eigenvalue weighted by Gasteiger charge is 2.22. The second kappa shape index (κ2) is 7.74. The molecular formula is C23H20ClN3O4. The maximum absolute atomic E-state index is 12.6. The van der Waals surface area contributed by atoms with Crippen molar-refractivity contribution in [3.63, 3.8) is 0 Å². The molecule has 0 aliphatic heterocycles. The third-order valence-electron chi connectivity index (χ3n) is 5.47. The van der Waals surface area contributed by atoms with Gasteiger partial charge in [-0.05, 0) is 43.0 Å². The van der Waals surface area contributed by atoms with Crippen molar-refractivity contribution in [2.24, 2.45) is 5.92 Å². The van der Waals surface area contributed by atoms with Crippen molar-refractivity contribution in [1.29, 1.82) is 0 Å². The normalized spacial score (nSPS) is 13.7. The van der Waals surface area contributed by atoms with Gasteiger partial charge >= 0.3 is 5.97 Å². The minimum Gasteiger partial charge on any atom is -0.492 e. The molecule has 7 nitrogen and oxygen atoms in total. The molecule has 1 fully saturated rings. The molecule has 1 saturated carbocycles. The highest BCUT2D eigenvalue weighted by Crippen LogP contribution is 2.34. The number of rotatable bonds is 7. The van der Waals surface area contributed by atoms with E-state index in [1.165, 1.54) is 12.8 Å². The van der Waals surface area contributed by atoms with Crippen molar-refractivity contribution in [2.45, 2.75) is 25.8 Å². The summed E-state index contributed by atoms with van der Waals surface area (Å²) in [7, 11) is 0. The number of ether oxygens (including phenoxy) is 1. The number of nitrogens with one attached hydrogen (secondary N) is 1. The number of aliphatic carboxylic acids is 1. The Morgan fingerprint density at radius 3 is 2.84 bits per heavy atom. The lowest BCUT2D eigenvalue weighted by molar-refractivity contribution is -0.136. The van der Waals surface area contributed by atoms with Crippen LogP contribution in [-0.2, 0) is 17.8 Å². The predicted octanol–water partition coefficient (Wildman–Crippen LogP) is 4.00. The van der Waals surface area contributed by atoms with Gasteiger partial charge in [-0.15, -0.1) is 0 Å². The molecule has 0 unspecified atom stereocenters. The van der Waals surface area contributed by atoms with E-state index < -0.39 is 12.4 Å². The van der Waals surface area contributed by atoms with Crippen molar-refractivity contribution in [2.75, 3.05) is 6.61 Å². The minimum absolute atomic E-state index is 0.0149. The molecule has 158 valence electrons. The maximum Gasteiger partial charge on any atom is 0.309 e. The van der Waals surface area contributed by atoms with E-state index in [1.54, 1.807) is 22.9 Å². The Hall–Kier alpha value is -3.32. The third kappa shape index (κ3) is 4.01. The zero-order valence-corrected chi connectivity index (χ0v) is 17.4. The first kappa shape index (κ1) is 19.6. The fourth-order valence-electron chi connectivity index (χ4n) is 3.71. The number of nitrogens with zero attached hydrogens (tertiary/aromatic N) is 2. The van der Waals surface area contributed by atoms with Crippen LogP contribution in [0.5, 0.6) is 5.75 Å². The lowest BCUT2D eigenvalue weighted by atomic mass is 10.1. The number of aromatic nitrogens is 3. The number of para-hydroxylation sites is 1. The molecule has 2 heterocycles. The van der Waals surface area contributed by atoms with E-state index in [9.17, 15) is 9.59 Å². The smallest absolute Gasteiger partial charge is 0.309 e. The van der Waals surface area contributed by atoms with Gasteiger partial charge in [0.1, 0.15) is 11.4 Å². The van der Waals surface area contributed by atoms with Crippen molar-refractivity contribution in [1.82, 2.24) is 14.8 Å². The fraction of sp³-hybridized carbons (Fsp3) is 0.261. The van der Waals surface area contributed by atoms with E-state index in [1.807, 2.05) is 24.3 Å².